The summed E-state index contributed by atoms with van der Waals surface area (Å²) in [5.74, 6) is -0.927. The highest BCUT2D eigenvalue weighted by molar-refractivity contribution is 5.81. The number of aliphatic hydroxyl groups is 1. The van der Waals surface area contributed by atoms with Gasteiger partial charge in [0.15, 0.2) is 6.10 Å². The van der Waals surface area contributed by atoms with E-state index in [1.54, 1.807) is 0 Å². The molecule has 1 N–H and O–H groups in total. The molecule has 35 heavy (non-hydrogen) atoms. The molecule has 0 spiro atoms. The van der Waals surface area contributed by atoms with Crippen LogP contribution in [-0.4, -0.2) is 36.4 Å². The van der Waals surface area contributed by atoms with Gasteiger partial charge in [0.05, 0.1) is 19.6 Å². The third kappa shape index (κ3) is 22.8. The smallest absolute Gasteiger partial charge is 0.335 e. The molecule has 0 aliphatic heterocycles. The zero-order valence-corrected chi connectivity index (χ0v) is 23.2. The summed E-state index contributed by atoms with van der Waals surface area (Å²) in [4.78, 5) is 23.8. The summed E-state index contributed by atoms with van der Waals surface area (Å²) in [6, 6.07) is 0. The molecule has 0 unspecified atom stereocenters. The lowest BCUT2D eigenvalue weighted by molar-refractivity contribution is -0.160. The Balaban J connectivity index is 3.57. The van der Waals surface area contributed by atoms with Gasteiger partial charge in [0.1, 0.15) is 0 Å². The van der Waals surface area contributed by atoms with Gasteiger partial charge < -0.3 is 14.6 Å². The van der Waals surface area contributed by atoms with Gasteiger partial charge in [-0.3, -0.25) is 4.79 Å². The Bertz CT molecular complexity index is 517. The number of rotatable bonds is 25. The Labute approximate surface area is 216 Å². The number of carbonyl (C=O) groups excluding carboxylic acids is 2. The zero-order chi connectivity index (χ0) is 26.0. The molecule has 0 saturated heterocycles. The van der Waals surface area contributed by atoms with Crippen molar-refractivity contribution in [1.29, 1.82) is 0 Å². The molecule has 5 heteroatoms. The quantitative estimate of drug-likeness (QED) is 0.0785. The molecule has 0 aliphatic rings. The average molecular weight is 497 g/mol. The Morgan fingerprint density at radius 1 is 0.714 bits per heavy atom. The molecule has 5 nitrogen and oxygen atoms in total. The summed E-state index contributed by atoms with van der Waals surface area (Å²) in [6.07, 6.45) is 24.3. The Kier molecular flexibility index (Phi) is 24.7. The van der Waals surface area contributed by atoms with Crippen molar-refractivity contribution in [1.82, 2.24) is 0 Å². The van der Waals surface area contributed by atoms with Gasteiger partial charge in [-0.05, 0) is 44.4 Å². The maximum atomic E-state index is 11.9. The molecule has 0 aromatic rings. The summed E-state index contributed by atoms with van der Waals surface area (Å²) in [6.45, 7) is 7.12. The van der Waals surface area contributed by atoms with Crippen LogP contribution in [0.5, 0.6) is 0 Å². The Hall–Kier alpha value is -1.36. The number of esters is 2. The van der Waals surface area contributed by atoms with E-state index in [1.807, 2.05) is 0 Å². The van der Waals surface area contributed by atoms with E-state index < -0.39 is 18.0 Å². The van der Waals surface area contributed by atoms with Gasteiger partial charge in [0.2, 0.25) is 0 Å². The van der Waals surface area contributed by atoms with Gasteiger partial charge >= 0.3 is 11.9 Å². The van der Waals surface area contributed by atoms with Crippen molar-refractivity contribution >= 4 is 11.9 Å². The van der Waals surface area contributed by atoms with E-state index in [0.29, 0.717) is 19.1 Å². The largest absolute Gasteiger partial charge is 0.465 e. The standard InChI is InChI=1S/C30H56O5/c1-4-7-9-10-11-12-13-14-15-16-17-18-19-20-21-22-24-34-30(33)28(31)25-29(32)35-26-27(6-3)23-8-5-2/h14-15,27-28,31H,4-13,16-26H2,1-3H3/b15-14+/t27-,28+/m0/s1. The number of hydrogen-bond acceptors (Lipinski definition) is 5. The van der Waals surface area contributed by atoms with Crippen molar-refractivity contribution in [3.63, 3.8) is 0 Å². The highest BCUT2D eigenvalue weighted by Gasteiger charge is 2.22. The van der Waals surface area contributed by atoms with E-state index in [1.165, 1.54) is 70.6 Å². The number of aliphatic hydroxyl groups excluding tert-OH is 1. The zero-order valence-electron chi connectivity index (χ0n) is 23.2. The predicted molar refractivity (Wildman–Crippen MR) is 145 cm³/mol. The van der Waals surface area contributed by atoms with Crippen molar-refractivity contribution in [2.75, 3.05) is 13.2 Å². The van der Waals surface area contributed by atoms with E-state index >= 15 is 0 Å². The van der Waals surface area contributed by atoms with Crippen LogP contribution >= 0.6 is 0 Å². The molecular weight excluding hydrogens is 440 g/mol. The lowest BCUT2D eigenvalue weighted by Crippen LogP contribution is -2.28. The van der Waals surface area contributed by atoms with Crippen LogP contribution in [0.4, 0.5) is 0 Å². The summed E-state index contributed by atoms with van der Waals surface area (Å²) in [7, 11) is 0. The maximum Gasteiger partial charge on any atom is 0.335 e. The van der Waals surface area contributed by atoms with Crippen molar-refractivity contribution < 1.29 is 24.2 Å². The van der Waals surface area contributed by atoms with Crippen molar-refractivity contribution in [2.24, 2.45) is 5.92 Å². The normalized spacial score (nSPS) is 13.1. The van der Waals surface area contributed by atoms with Crippen LogP contribution in [0.15, 0.2) is 12.2 Å². The predicted octanol–water partition coefficient (Wildman–Crippen LogP) is 8.08. The maximum absolute atomic E-state index is 11.9. The van der Waals surface area contributed by atoms with Crippen LogP contribution < -0.4 is 0 Å². The average Bonchev–Trinajstić information content (AvgIpc) is 2.85. The first-order valence-corrected chi connectivity index (χ1v) is 14.7. The first-order valence-electron chi connectivity index (χ1n) is 14.7. The number of hydrogen-bond donors (Lipinski definition) is 1. The lowest BCUT2D eigenvalue weighted by atomic mass is 10.0. The summed E-state index contributed by atoms with van der Waals surface area (Å²) in [5, 5.41) is 9.91. The highest BCUT2D eigenvalue weighted by Crippen LogP contribution is 2.14. The van der Waals surface area contributed by atoms with E-state index in [9.17, 15) is 14.7 Å². The van der Waals surface area contributed by atoms with Crippen LogP contribution in [0, 0.1) is 5.92 Å². The van der Waals surface area contributed by atoms with E-state index in [2.05, 4.69) is 32.9 Å². The monoisotopic (exact) mass is 496 g/mol. The Morgan fingerprint density at radius 2 is 1.26 bits per heavy atom. The van der Waals surface area contributed by atoms with Crippen molar-refractivity contribution in [2.45, 2.75) is 149 Å². The van der Waals surface area contributed by atoms with Gasteiger partial charge in [-0.25, -0.2) is 4.79 Å². The minimum Gasteiger partial charge on any atom is -0.465 e. The third-order valence-electron chi connectivity index (χ3n) is 6.56. The lowest BCUT2D eigenvalue weighted by Gasteiger charge is -2.15. The minimum atomic E-state index is -1.44. The highest BCUT2D eigenvalue weighted by atomic mass is 16.6. The van der Waals surface area contributed by atoms with E-state index in [0.717, 1.165) is 44.9 Å². The van der Waals surface area contributed by atoms with E-state index in [4.69, 9.17) is 9.47 Å². The molecule has 2 atom stereocenters. The van der Waals surface area contributed by atoms with Crippen molar-refractivity contribution in [3.05, 3.63) is 12.2 Å². The van der Waals surface area contributed by atoms with Gasteiger partial charge in [-0.15, -0.1) is 0 Å². The van der Waals surface area contributed by atoms with Gasteiger partial charge in [-0.2, -0.15) is 0 Å². The molecule has 0 heterocycles. The topological polar surface area (TPSA) is 72.8 Å². The Morgan fingerprint density at radius 3 is 1.83 bits per heavy atom. The molecular formula is C30H56O5. The van der Waals surface area contributed by atoms with Crippen LogP contribution in [0.25, 0.3) is 0 Å². The molecule has 0 radical (unpaired) electrons. The summed E-state index contributed by atoms with van der Waals surface area (Å²) in [5.41, 5.74) is 0. The fourth-order valence-electron chi connectivity index (χ4n) is 4.03. The number of allylic oxidation sites excluding steroid dienone is 2. The van der Waals surface area contributed by atoms with E-state index in [-0.39, 0.29) is 6.42 Å². The van der Waals surface area contributed by atoms with Crippen molar-refractivity contribution in [3.8, 4) is 0 Å². The second-order valence-corrected chi connectivity index (χ2v) is 9.92. The SMILES string of the molecule is CCCCCCCC/C=C/CCCCCCCCOC(=O)[C@H](O)CC(=O)OC[C@@H](CC)CCCC. The molecule has 0 aliphatic carbocycles. The minimum absolute atomic E-state index is 0.293. The first-order chi connectivity index (χ1) is 17.0. The molecule has 0 rings (SSSR count). The molecule has 0 amide bonds. The van der Waals surface area contributed by atoms with Gasteiger partial charge in [0, 0.05) is 0 Å². The van der Waals surface area contributed by atoms with Crippen LogP contribution in [0.1, 0.15) is 143 Å². The third-order valence-corrected chi connectivity index (χ3v) is 6.56. The molecule has 0 bridgehead atoms. The summed E-state index contributed by atoms with van der Waals surface area (Å²) < 4.78 is 10.4. The number of ether oxygens (including phenoxy) is 2. The molecule has 0 aromatic carbocycles. The van der Waals surface area contributed by atoms with Gasteiger partial charge in [0.25, 0.3) is 0 Å². The van der Waals surface area contributed by atoms with Crippen LogP contribution in [0.3, 0.4) is 0 Å². The molecule has 206 valence electrons. The number of carbonyl (C=O) groups is 2. The van der Waals surface area contributed by atoms with Crippen LogP contribution in [-0.2, 0) is 19.1 Å². The molecule has 0 saturated carbocycles. The second kappa shape index (κ2) is 25.7. The number of unbranched alkanes of at least 4 members (excludes halogenated alkanes) is 13. The first kappa shape index (κ1) is 33.6. The fraction of sp³-hybridized carbons (Fsp3) is 0.867. The molecule has 0 fully saturated rings. The van der Waals surface area contributed by atoms with Crippen LogP contribution in [0.2, 0.25) is 0 Å². The fourth-order valence-corrected chi connectivity index (χ4v) is 4.03. The molecule has 0 aromatic heterocycles. The summed E-state index contributed by atoms with van der Waals surface area (Å²) >= 11 is 0. The van der Waals surface area contributed by atoms with Gasteiger partial charge in [-0.1, -0.05) is 110 Å². The second-order valence-electron chi connectivity index (χ2n) is 9.92.